The van der Waals surface area contributed by atoms with E-state index in [0.717, 1.165) is 6.07 Å². The molecule has 1 aliphatic heterocycles. The lowest BCUT2D eigenvalue weighted by atomic mass is 10.1. The SMILES string of the molecule is O=C(CCc1cccc(F)c1F)N[C@H]1COC[C@H]1n1ccnn1. The number of amides is 1. The van der Waals surface area contributed by atoms with Crippen molar-refractivity contribution in [3.8, 4) is 0 Å². The highest BCUT2D eigenvalue weighted by molar-refractivity contribution is 5.76. The largest absolute Gasteiger partial charge is 0.377 e. The van der Waals surface area contributed by atoms with Gasteiger partial charge in [-0.25, -0.2) is 13.5 Å². The van der Waals surface area contributed by atoms with Gasteiger partial charge in [0.25, 0.3) is 0 Å². The molecule has 0 bridgehead atoms. The Hall–Kier alpha value is -2.35. The maximum absolute atomic E-state index is 13.6. The van der Waals surface area contributed by atoms with Gasteiger partial charge in [0, 0.05) is 12.6 Å². The summed E-state index contributed by atoms with van der Waals surface area (Å²) in [7, 11) is 0. The Kier molecular flexibility index (Phi) is 4.61. The molecule has 1 aromatic heterocycles. The first-order chi connectivity index (χ1) is 11.1. The Bertz CT molecular complexity index is 678. The van der Waals surface area contributed by atoms with Crippen LogP contribution in [0, 0.1) is 11.6 Å². The summed E-state index contributed by atoms with van der Waals surface area (Å²) in [4.78, 5) is 12.1. The third-order valence-electron chi connectivity index (χ3n) is 3.83. The smallest absolute Gasteiger partial charge is 0.220 e. The minimum Gasteiger partial charge on any atom is -0.377 e. The van der Waals surface area contributed by atoms with Crippen molar-refractivity contribution in [1.82, 2.24) is 20.3 Å². The monoisotopic (exact) mass is 322 g/mol. The highest BCUT2D eigenvalue weighted by atomic mass is 19.2. The highest BCUT2D eigenvalue weighted by Crippen LogP contribution is 2.19. The highest BCUT2D eigenvalue weighted by Gasteiger charge is 2.31. The van der Waals surface area contributed by atoms with E-state index in [1.807, 2.05) is 0 Å². The fourth-order valence-electron chi connectivity index (χ4n) is 2.60. The molecule has 0 unspecified atom stereocenters. The van der Waals surface area contributed by atoms with Crippen LogP contribution < -0.4 is 5.32 Å². The van der Waals surface area contributed by atoms with Crippen LogP contribution in [0.3, 0.4) is 0 Å². The molecule has 3 rings (SSSR count). The van der Waals surface area contributed by atoms with Gasteiger partial charge in [0.2, 0.25) is 5.91 Å². The van der Waals surface area contributed by atoms with Crippen LogP contribution in [0.25, 0.3) is 0 Å². The van der Waals surface area contributed by atoms with Crippen molar-refractivity contribution in [2.24, 2.45) is 0 Å². The van der Waals surface area contributed by atoms with E-state index in [2.05, 4.69) is 15.6 Å². The van der Waals surface area contributed by atoms with Crippen LogP contribution >= 0.6 is 0 Å². The third-order valence-corrected chi connectivity index (χ3v) is 3.83. The van der Waals surface area contributed by atoms with Gasteiger partial charge in [0.1, 0.15) is 0 Å². The third kappa shape index (κ3) is 3.53. The zero-order chi connectivity index (χ0) is 16.2. The number of nitrogens with zero attached hydrogens (tertiary/aromatic N) is 3. The Balaban J connectivity index is 1.56. The number of nitrogens with one attached hydrogen (secondary N) is 1. The summed E-state index contributed by atoms with van der Waals surface area (Å²) in [6, 6.07) is 3.62. The minimum atomic E-state index is -0.904. The number of carbonyl (C=O) groups is 1. The number of ether oxygens (including phenoxy) is 1. The van der Waals surface area contributed by atoms with Crippen molar-refractivity contribution < 1.29 is 18.3 Å². The summed E-state index contributed by atoms with van der Waals surface area (Å²) < 4.78 is 33.7. The lowest BCUT2D eigenvalue weighted by Gasteiger charge is -2.18. The van der Waals surface area contributed by atoms with Crippen molar-refractivity contribution in [2.75, 3.05) is 13.2 Å². The number of benzene rings is 1. The molecule has 2 atom stereocenters. The summed E-state index contributed by atoms with van der Waals surface area (Å²) in [6.45, 7) is 0.817. The normalized spacial score (nSPS) is 20.6. The quantitative estimate of drug-likeness (QED) is 0.899. The number of hydrogen-bond donors (Lipinski definition) is 1. The van der Waals surface area contributed by atoms with Crippen LogP contribution in [0.2, 0.25) is 0 Å². The minimum absolute atomic E-state index is 0.0704. The van der Waals surface area contributed by atoms with E-state index in [1.54, 1.807) is 17.1 Å². The predicted octanol–water partition coefficient (Wildman–Crippen LogP) is 1.25. The molecule has 1 amide bonds. The average molecular weight is 322 g/mol. The number of rotatable bonds is 5. The Morgan fingerprint density at radius 1 is 1.39 bits per heavy atom. The van der Waals surface area contributed by atoms with Gasteiger partial charge in [0.05, 0.1) is 31.5 Å². The van der Waals surface area contributed by atoms with Crippen LogP contribution in [-0.4, -0.2) is 40.2 Å². The van der Waals surface area contributed by atoms with Gasteiger partial charge in [-0.1, -0.05) is 17.3 Å². The van der Waals surface area contributed by atoms with Crippen LogP contribution in [0.15, 0.2) is 30.6 Å². The maximum Gasteiger partial charge on any atom is 0.220 e. The second kappa shape index (κ2) is 6.82. The number of aromatic nitrogens is 3. The average Bonchev–Trinajstić information content (AvgIpc) is 3.19. The van der Waals surface area contributed by atoms with Crippen LogP contribution in [0.5, 0.6) is 0 Å². The fraction of sp³-hybridized carbons (Fsp3) is 0.400. The lowest BCUT2D eigenvalue weighted by molar-refractivity contribution is -0.122. The van der Waals surface area contributed by atoms with Crippen molar-refractivity contribution in [3.63, 3.8) is 0 Å². The van der Waals surface area contributed by atoms with E-state index >= 15 is 0 Å². The van der Waals surface area contributed by atoms with Crippen LogP contribution in [0.4, 0.5) is 8.78 Å². The first-order valence-electron chi connectivity index (χ1n) is 7.31. The Morgan fingerprint density at radius 2 is 2.26 bits per heavy atom. The van der Waals surface area contributed by atoms with E-state index in [0.29, 0.717) is 13.2 Å². The molecule has 1 fully saturated rings. The number of carbonyl (C=O) groups excluding carboxylic acids is 1. The van der Waals surface area contributed by atoms with Gasteiger partial charge in [-0.15, -0.1) is 5.10 Å². The Morgan fingerprint density at radius 3 is 3.04 bits per heavy atom. The zero-order valence-electron chi connectivity index (χ0n) is 12.3. The number of aryl methyl sites for hydroxylation is 1. The second-order valence-electron chi connectivity index (χ2n) is 5.37. The van der Waals surface area contributed by atoms with Crippen molar-refractivity contribution >= 4 is 5.91 Å². The molecule has 6 nitrogen and oxygen atoms in total. The summed E-state index contributed by atoms with van der Waals surface area (Å²) in [5.74, 6) is -2.04. The van der Waals surface area contributed by atoms with Gasteiger partial charge in [-0.3, -0.25) is 4.79 Å². The van der Waals surface area contributed by atoms with Crippen LogP contribution in [0.1, 0.15) is 18.0 Å². The van der Waals surface area contributed by atoms with E-state index < -0.39 is 11.6 Å². The molecule has 0 radical (unpaired) electrons. The Labute approximate surface area is 131 Å². The molecule has 1 N–H and O–H groups in total. The molecule has 0 saturated carbocycles. The molecular formula is C15H16F2N4O2. The molecule has 8 heteroatoms. The molecule has 122 valence electrons. The van der Waals surface area contributed by atoms with E-state index in [1.165, 1.54) is 12.1 Å². The second-order valence-corrected chi connectivity index (χ2v) is 5.37. The number of hydrogen-bond acceptors (Lipinski definition) is 4. The predicted molar refractivity (Wildman–Crippen MR) is 76.5 cm³/mol. The van der Waals surface area contributed by atoms with Gasteiger partial charge in [0.15, 0.2) is 11.6 Å². The molecule has 1 aliphatic rings. The molecular weight excluding hydrogens is 306 g/mol. The molecule has 0 spiro atoms. The van der Waals surface area contributed by atoms with Crippen LogP contribution in [-0.2, 0) is 16.0 Å². The summed E-state index contributed by atoms with van der Waals surface area (Å²) >= 11 is 0. The lowest BCUT2D eigenvalue weighted by Crippen LogP contribution is -2.41. The van der Waals surface area contributed by atoms with Gasteiger partial charge >= 0.3 is 0 Å². The topological polar surface area (TPSA) is 69.0 Å². The fourth-order valence-corrected chi connectivity index (χ4v) is 2.60. The molecule has 23 heavy (non-hydrogen) atoms. The molecule has 1 saturated heterocycles. The first kappa shape index (κ1) is 15.5. The van der Waals surface area contributed by atoms with Crippen molar-refractivity contribution in [1.29, 1.82) is 0 Å². The molecule has 2 aromatic rings. The first-order valence-corrected chi connectivity index (χ1v) is 7.31. The van der Waals surface area contributed by atoms with Gasteiger partial charge < -0.3 is 10.1 Å². The van der Waals surface area contributed by atoms with E-state index in [-0.39, 0.29) is 36.4 Å². The number of halogens is 2. The summed E-state index contributed by atoms with van der Waals surface area (Å²) in [6.07, 6.45) is 3.47. The van der Waals surface area contributed by atoms with Crippen molar-refractivity contribution in [3.05, 3.63) is 47.8 Å². The zero-order valence-corrected chi connectivity index (χ0v) is 12.3. The van der Waals surface area contributed by atoms with Gasteiger partial charge in [-0.2, -0.15) is 0 Å². The molecule has 1 aromatic carbocycles. The molecule has 0 aliphatic carbocycles. The molecule has 2 heterocycles. The van der Waals surface area contributed by atoms with Gasteiger partial charge in [-0.05, 0) is 18.1 Å². The van der Waals surface area contributed by atoms with Crippen molar-refractivity contribution in [2.45, 2.75) is 24.9 Å². The van der Waals surface area contributed by atoms with E-state index in [4.69, 9.17) is 4.74 Å². The standard InChI is InChI=1S/C15H16F2N4O2/c16-11-3-1-2-10(15(11)17)4-5-14(22)19-12-8-23-9-13(12)21-7-6-18-20-21/h1-3,6-7,12-13H,4-5,8-9H2,(H,19,22)/t12-,13+/m0/s1. The maximum atomic E-state index is 13.6. The van der Waals surface area contributed by atoms with E-state index in [9.17, 15) is 13.6 Å². The summed E-state index contributed by atoms with van der Waals surface area (Å²) in [5.41, 5.74) is 0.190. The summed E-state index contributed by atoms with van der Waals surface area (Å²) in [5, 5.41) is 10.5.